The number of amides is 1. The number of aryl methyl sites for hydroxylation is 2. The number of carbonyl (C=O) groups is 1. The normalized spacial score (nSPS) is 11.6. The fourth-order valence-corrected chi connectivity index (χ4v) is 2.37. The summed E-state index contributed by atoms with van der Waals surface area (Å²) in [4.78, 5) is 12.1. The average molecular weight is 368 g/mol. The Morgan fingerprint density at radius 2 is 2.00 bits per heavy atom. The van der Waals surface area contributed by atoms with E-state index in [1.165, 1.54) is 19.2 Å². The summed E-state index contributed by atoms with van der Waals surface area (Å²) in [6, 6.07) is 4.41. The van der Waals surface area contributed by atoms with Crippen molar-refractivity contribution in [3.8, 4) is 11.3 Å². The zero-order valence-electron chi connectivity index (χ0n) is 13.6. The second kappa shape index (κ2) is 6.28. The van der Waals surface area contributed by atoms with Crippen molar-refractivity contribution >= 4 is 11.6 Å². The van der Waals surface area contributed by atoms with E-state index < -0.39 is 23.6 Å². The van der Waals surface area contributed by atoms with Crippen LogP contribution in [0.3, 0.4) is 0 Å². The maximum atomic E-state index is 14.4. The van der Waals surface area contributed by atoms with Gasteiger partial charge in [0.25, 0.3) is 5.91 Å². The van der Waals surface area contributed by atoms with Crippen LogP contribution < -0.4 is 5.32 Å². The van der Waals surface area contributed by atoms with Crippen molar-refractivity contribution in [2.45, 2.75) is 13.1 Å². The Hall–Kier alpha value is -3.17. The van der Waals surface area contributed by atoms with Crippen LogP contribution in [0.5, 0.6) is 0 Å². The van der Waals surface area contributed by atoms with Gasteiger partial charge in [0, 0.05) is 18.3 Å². The van der Waals surface area contributed by atoms with Gasteiger partial charge in [-0.3, -0.25) is 9.48 Å². The third-order valence-electron chi connectivity index (χ3n) is 3.67. The molecule has 3 aromatic rings. The maximum Gasteiger partial charge on any atom is 0.435 e. The lowest BCUT2D eigenvalue weighted by Gasteiger charge is -2.08. The van der Waals surface area contributed by atoms with Gasteiger partial charge in [0.15, 0.2) is 5.69 Å². The first-order valence-electron chi connectivity index (χ1n) is 7.30. The van der Waals surface area contributed by atoms with Crippen LogP contribution in [0.4, 0.5) is 23.2 Å². The SMILES string of the molecule is Cc1nocc1C(=O)Nc1ccc(-c2cc(C(F)(F)F)nn2C)c(F)c1. The van der Waals surface area contributed by atoms with Gasteiger partial charge in [0.1, 0.15) is 17.6 Å². The van der Waals surface area contributed by atoms with E-state index in [1.807, 2.05) is 0 Å². The molecule has 0 saturated carbocycles. The number of rotatable bonds is 3. The minimum atomic E-state index is -4.63. The molecule has 0 bridgehead atoms. The third-order valence-corrected chi connectivity index (χ3v) is 3.67. The molecule has 1 aromatic carbocycles. The van der Waals surface area contributed by atoms with Crippen LogP contribution in [-0.4, -0.2) is 20.8 Å². The van der Waals surface area contributed by atoms with Crippen molar-refractivity contribution < 1.29 is 26.9 Å². The van der Waals surface area contributed by atoms with E-state index in [-0.39, 0.29) is 22.5 Å². The van der Waals surface area contributed by atoms with E-state index in [0.717, 1.165) is 23.1 Å². The third kappa shape index (κ3) is 3.30. The van der Waals surface area contributed by atoms with Crippen molar-refractivity contribution in [1.82, 2.24) is 14.9 Å². The molecule has 2 aromatic heterocycles. The minimum absolute atomic E-state index is 0.0393. The first-order valence-corrected chi connectivity index (χ1v) is 7.30. The van der Waals surface area contributed by atoms with Crippen LogP contribution >= 0.6 is 0 Å². The Bertz CT molecular complexity index is 975. The van der Waals surface area contributed by atoms with Crippen LogP contribution in [0.1, 0.15) is 21.7 Å². The van der Waals surface area contributed by atoms with Crippen LogP contribution in [0.15, 0.2) is 35.1 Å². The molecule has 0 spiro atoms. The van der Waals surface area contributed by atoms with Crippen LogP contribution in [0, 0.1) is 12.7 Å². The van der Waals surface area contributed by atoms with Crippen LogP contribution in [-0.2, 0) is 13.2 Å². The van der Waals surface area contributed by atoms with Gasteiger partial charge in [-0.2, -0.15) is 18.3 Å². The number of alkyl halides is 3. The monoisotopic (exact) mass is 368 g/mol. The van der Waals surface area contributed by atoms with Gasteiger partial charge in [-0.25, -0.2) is 4.39 Å². The Morgan fingerprint density at radius 3 is 2.54 bits per heavy atom. The maximum absolute atomic E-state index is 14.4. The predicted octanol–water partition coefficient (Wildman–Crippen LogP) is 3.79. The molecule has 0 aliphatic carbocycles. The molecular formula is C16H12F4N4O2. The molecule has 1 amide bonds. The number of hydrogen-bond acceptors (Lipinski definition) is 4. The smallest absolute Gasteiger partial charge is 0.364 e. The minimum Gasteiger partial charge on any atom is -0.364 e. The zero-order valence-corrected chi connectivity index (χ0v) is 13.6. The molecule has 6 nitrogen and oxygen atoms in total. The topological polar surface area (TPSA) is 73.0 Å². The summed E-state index contributed by atoms with van der Waals surface area (Å²) >= 11 is 0. The summed E-state index contributed by atoms with van der Waals surface area (Å²) in [6.45, 7) is 1.57. The summed E-state index contributed by atoms with van der Waals surface area (Å²) in [7, 11) is 1.29. The van der Waals surface area contributed by atoms with E-state index in [4.69, 9.17) is 0 Å². The van der Waals surface area contributed by atoms with E-state index >= 15 is 0 Å². The van der Waals surface area contributed by atoms with Crippen LogP contribution in [0.25, 0.3) is 11.3 Å². The summed E-state index contributed by atoms with van der Waals surface area (Å²) in [5.74, 6) is -1.35. The molecule has 0 atom stereocenters. The second-order valence-corrected chi connectivity index (χ2v) is 5.50. The molecule has 10 heteroatoms. The Balaban J connectivity index is 1.88. The molecule has 0 aliphatic rings. The summed E-state index contributed by atoms with van der Waals surface area (Å²) in [5, 5.41) is 9.39. The van der Waals surface area contributed by atoms with Crippen molar-refractivity contribution in [1.29, 1.82) is 0 Å². The van der Waals surface area contributed by atoms with Crippen molar-refractivity contribution in [3.05, 3.63) is 53.3 Å². The molecule has 26 heavy (non-hydrogen) atoms. The van der Waals surface area contributed by atoms with Gasteiger partial charge in [-0.1, -0.05) is 5.16 Å². The van der Waals surface area contributed by atoms with E-state index in [2.05, 4.69) is 20.1 Å². The highest BCUT2D eigenvalue weighted by Gasteiger charge is 2.35. The quantitative estimate of drug-likeness (QED) is 0.714. The molecule has 0 radical (unpaired) electrons. The number of aromatic nitrogens is 3. The fourth-order valence-electron chi connectivity index (χ4n) is 2.37. The van der Waals surface area contributed by atoms with Crippen molar-refractivity contribution in [2.24, 2.45) is 7.05 Å². The highest BCUT2D eigenvalue weighted by atomic mass is 19.4. The first kappa shape index (κ1) is 17.6. The molecular weight excluding hydrogens is 356 g/mol. The summed E-state index contributed by atoms with van der Waals surface area (Å²) in [5.41, 5.74) is -0.535. The number of hydrogen-bond donors (Lipinski definition) is 1. The molecule has 2 heterocycles. The molecule has 1 N–H and O–H groups in total. The lowest BCUT2D eigenvalue weighted by molar-refractivity contribution is -0.141. The Kier molecular flexibility index (Phi) is 4.26. The molecule has 136 valence electrons. The van der Waals surface area contributed by atoms with Gasteiger partial charge in [-0.05, 0) is 31.2 Å². The van der Waals surface area contributed by atoms with E-state index in [1.54, 1.807) is 6.92 Å². The Labute approximate surface area is 144 Å². The highest BCUT2D eigenvalue weighted by Crippen LogP contribution is 2.32. The molecule has 0 saturated heterocycles. The standard InChI is InChI=1S/C16H12F4N4O2/c1-8-11(7-26-23-8)15(25)21-9-3-4-10(12(17)5-9)13-6-14(16(18,19)20)22-24(13)2/h3-7H,1-2H3,(H,21,25). The van der Waals surface area contributed by atoms with E-state index in [0.29, 0.717) is 5.69 Å². The number of benzene rings is 1. The lowest BCUT2D eigenvalue weighted by Crippen LogP contribution is -2.12. The molecule has 0 unspecified atom stereocenters. The number of nitrogens with zero attached hydrogens (tertiary/aromatic N) is 3. The van der Waals surface area contributed by atoms with Crippen molar-refractivity contribution in [2.75, 3.05) is 5.32 Å². The number of nitrogens with one attached hydrogen (secondary N) is 1. The first-order chi connectivity index (χ1) is 12.2. The number of carbonyl (C=O) groups excluding carboxylic acids is 1. The largest absolute Gasteiger partial charge is 0.435 e. The van der Waals surface area contributed by atoms with Crippen molar-refractivity contribution in [3.63, 3.8) is 0 Å². The molecule has 3 rings (SSSR count). The van der Waals surface area contributed by atoms with Crippen LogP contribution in [0.2, 0.25) is 0 Å². The molecule has 0 fully saturated rings. The highest BCUT2D eigenvalue weighted by molar-refractivity contribution is 6.04. The van der Waals surface area contributed by atoms with Gasteiger partial charge in [-0.15, -0.1) is 0 Å². The molecule has 0 aliphatic heterocycles. The Morgan fingerprint density at radius 1 is 1.27 bits per heavy atom. The van der Waals surface area contributed by atoms with E-state index in [9.17, 15) is 22.4 Å². The van der Waals surface area contributed by atoms with Gasteiger partial charge >= 0.3 is 6.18 Å². The van der Waals surface area contributed by atoms with Gasteiger partial charge in [0.05, 0.1) is 11.4 Å². The zero-order chi connectivity index (χ0) is 19.1. The number of anilines is 1. The fraction of sp³-hybridized carbons (Fsp3) is 0.188. The lowest BCUT2D eigenvalue weighted by atomic mass is 10.1. The average Bonchev–Trinajstić information content (AvgIpc) is 3.13. The summed E-state index contributed by atoms with van der Waals surface area (Å²) in [6.07, 6.45) is -3.47. The summed E-state index contributed by atoms with van der Waals surface area (Å²) < 4.78 is 58.2. The number of halogens is 4. The van der Waals surface area contributed by atoms with Gasteiger partial charge in [0.2, 0.25) is 0 Å². The second-order valence-electron chi connectivity index (χ2n) is 5.50. The van der Waals surface area contributed by atoms with Gasteiger partial charge < -0.3 is 9.84 Å². The predicted molar refractivity (Wildman–Crippen MR) is 82.8 cm³/mol.